The van der Waals surface area contributed by atoms with Crippen LogP contribution < -0.4 is 0 Å². The lowest BCUT2D eigenvalue weighted by molar-refractivity contribution is -0.149. The second-order valence-electron chi connectivity index (χ2n) is 8.89. The van der Waals surface area contributed by atoms with E-state index < -0.39 is 0 Å². The van der Waals surface area contributed by atoms with Crippen LogP contribution in [0.4, 0.5) is 0 Å². The van der Waals surface area contributed by atoms with Crippen LogP contribution in [0.15, 0.2) is 0 Å². The molecule has 0 fully saturated rings. The van der Waals surface area contributed by atoms with Gasteiger partial charge in [-0.3, -0.25) is 9.59 Å². The summed E-state index contributed by atoms with van der Waals surface area (Å²) in [4.78, 5) is 24.0. The summed E-state index contributed by atoms with van der Waals surface area (Å²) in [5.41, 5.74) is 0. The van der Waals surface area contributed by atoms with Crippen LogP contribution in [-0.4, -0.2) is 25.2 Å². The molecule has 0 aromatic carbocycles. The van der Waals surface area contributed by atoms with E-state index in [4.69, 9.17) is 9.47 Å². The highest BCUT2D eigenvalue weighted by molar-refractivity contribution is 5.69. The van der Waals surface area contributed by atoms with E-state index in [0.717, 1.165) is 44.9 Å². The Labute approximate surface area is 180 Å². The van der Waals surface area contributed by atoms with Gasteiger partial charge in [-0.15, -0.1) is 0 Å². The Hall–Kier alpha value is -1.06. The third-order valence-corrected chi connectivity index (χ3v) is 5.32. The second kappa shape index (κ2) is 20.2. The first-order valence-electron chi connectivity index (χ1n) is 12.3. The maximum atomic E-state index is 12.0. The van der Waals surface area contributed by atoms with Crippen molar-refractivity contribution in [3.8, 4) is 0 Å². The molecule has 0 aliphatic carbocycles. The lowest BCUT2D eigenvalue weighted by Crippen LogP contribution is -2.21. The summed E-state index contributed by atoms with van der Waals surface area (Å²) in [5.74, 6) is 0.545. The highest BCUT2D eigenvalue weighted by Crippen LogP contribution is 2.15. The lowest BCUT2D eigenvalue weighted by atomic mass is 9.99. The van der Waals surface area contributed by atoms with Gasteiger partial charge in [0.2, 0.25) is 0 Å². The van der Waals surface area contributed by atoms with Gasteiger partial charge in [-0.05, 0) is 25.2 Å². The summed E-state index contributed by atoms with van der Waals surface area (Å²) >= 11 is 0. The van der Waals surface area contributed by atoms with Gasteiger partial charge in [0, 0.05) is 18.8 Å². The van der Waals surface area contributed by atoms with Gasteiger partial charge < -0.3 is 9.47 Å². The van der Waals surface area contributed by atoms with Crippen LogP contribution in [0.5, 0.6) is 0 Å². The molecule has 0 heterocycles. The zero-order valence-corrected chi connectivity index (χ0v) is 19.8. The molecule has 0 atom stereocenters. The topological polar surface area (TPSA) is 52.6 Å². The number of rotatable bonds is 20. The van der Waals surface area contributed by atoms with Crippen LogP contribution in [-0.2, 0) is 19.1 Å². The van der Waals surface area contributed by atoms with Crippen LogP contribution in [0, 0.1) is 11.8 Å². The largest absolute Gasteiger partial charge is 0.465 e. The minimum absolute atomic E-state index is 0.113. The second-order valence-corrected chi connectivity index (χ2v) is 8.89. The molecule has 0 amide bonds. The van der Waals surface area contributed by atoms with Crippen LogP contribution >= 0.6 is 0 Å². The van der Waals surface area contributed by atoms with E-state index >= 15 is 0 Å². The standard InChI is InChI=1S/C25H48O4/c1-5-7-9-11-13-18-24(26)28-20-23(17-15-16-22(3)4)21-29-25(27)19-14-12-10-8-6-2/h22-23H,5-21H2,1-4H3. The molecule has 0 aromatic heterocycles. The van der Waals surface area contributed by atoms with E-state index in [1.54, 1.807) is 0 Å². The van der Waals surface area contributed by atoms with Gasteiger partial charge in [-0.2, -0.15) is 0 Å². The summed E-state index contributed by atoms with van der Waals surface area (Å²) in [6.07, 6.45) is 15.4. The van der Waals surface area contributed by atoms with Crippen molar-refractivity contribution in [1.29, 1.82) is 0 Å². The Morgan fingerprint density at radius 1 is 0.621 bits per heavy atom. The smallest absolute Gasteiger partial charge is 0.305 e. The molecule has 4 nitrogen and oxygen atoms in total. The maximum absolute atomic E-state index is 12.0. The van der Waals surface area contributed by atoms with Crippen molar-refractivity contribution in [2.24, 2.45) is 11.8 Å². The number of carbonyl (C=O) groups excluding carboxylic acids is 2. The third kappa shape index (κ3) is 20.0. The summed E-state index contributed by atoms with van der Waals surface area (Å²) in [6, 6.07) is 0. The molecule has 0 radical (unpaired) electrons. The SMILES string of the molecule is CCCCCCCC(=O)OCC(CCCC(C)C)COC(=O)CCCCCCC. The summed E-state index contributed by atoms with van der Waals surface area (Å²) in [6.45, 7) is 9.55. The Morgan fingerprint density at radius 3 is 1.48 bits per heavy atom. The highest BCUT2D eigenvalue weighted by atomic mass is 16.5. The molecule has 29 heavy (non-hydrogen) atoms. The molecule has 4 heteroatoms. The maximum Gasteiger partial charge on any atom is 0.305 e. The van der Waals surface area contributed by atoms with E-state index in [1.165, 1.54) is 38.5 Å². The number of unbranched alkanes of at least 4 members (excludes halogenated alkanes) is 8. The van der Waals surface area contributed by atoms with Crippen molar-refractivity contribution >= 4 is 11.9 Å². The van der Waals surface area contributed by atoms with Gasteiger partial charge in [0.15, 0.2) is 0 Å². The first-order chi connectivity index (χ1) is 14.0. The highest BCUT2D eigenvalue weighted by Gasteiger charge is 2.15. The molecule has 172 valence electrons. The van der Waals surface area contributed by atoms with Gasteiger partial charge in [0.25, 0.3) is 0 Å². The fourth-order valence-corrected chi connectivity index (χ4v) is 3.34. The first-order valence-corrected chi connectivity index (χ1v) is 12.3. The monoisotopic (exact) mass is 412 g/mol. The zero-order valence-electron chi connectivity index (χ0n) is 19.8. The molecule has 0 saturated carbocycles. The minimum atomic E-state index is -0.113. The van der Waals surface area contributed by atoms with Crippen LogP contribution in [0.3, 0.4) is 0 Å². The Kier molecular flexibility index (Phi) is 19.5. The minimum Gasteiger partial charge on any atom is -0.465 e. The summed E-state index contributed by atoms with van der Waals surface area (Å²) in [5, 5.41) is 0. The number of ether oxygens (including phenoxy) is 2. The molecular formula is C25H48O4. The average Bonchev–Trinajstić information content (AvgIpc) is 2.69. The molecule has 0 unspecified atom stereocenters. The van der Waals surface area contributed by atoms with E-state index in [-0.39, 0.29) is 17.9 Å². The molecule has 0 aliphatic rings. The van der Waals surface area contributed by atoms with E-state index in [9.17, 15) is 9.59 Å². The number of hydrogen-bond donors (Lipinski definition) is 0. The normalized spacial score (nSPS) is 11.2. The van der Waals surface area contributed by atoms with Crippen LogP contribution in [0.2, 0.25) is 0 Å². The Bertz CT molecular complexity index is 362. The number of carbonyl (C=O) groups is 2. The Morgan fingerprint density at radius 2 is 1.07 bits per heavy atom. The Balaban J connectivity index is 4.12. The van der Waals surface area contributed by atoms with Gasteiger partial charge in [-0.1, -0.05) is 91.9 Å². The van der Waals surface area contributed by atoms with Gasteiger partial charge >= 0.3 is 11.9 Å². The van der Waals surface area contributed by atoms with E-state index in [2.05, 4.69) is 27.7 Å². The molecule has 0 N–H and O–H groups in total. The molecule has 0 aliphatic heterocycles. The van der Waals surface area contributed by atoms with Crippen molar-refractivity contribution in [2.75, 3.05) is 13.2 Å². The first kappa shape index (κ1) is 27.9. The quantitative estimate of drug-likeness (QED) is 0.156. The molecular weight excluding hydrogens is 364 g/mol. The van der Waals surface area contributed by atoms with Crippen molar-refractivity contribution < 1.29 is 19.1 Å². The number of hydrogen-bond acceptors (Lipinski definition) is 4. The third-order valence-electron chi connectivity index (χ3n) is 5.32. The van der Waals surface area contributed by atoms with E-state index in [0.29, 0.717) is 32.0 Å². The molecule has 0 saturated heterocycles. The molecule has 0 rings (SSSR count). The van der Waals surface area contributed by atoms with Crippen molar-refractivity contribution in [3.05, 3.63) is 0 Å². The molecule has 0 aromatic rings. The van der Waals surface area contributed by atoms with Crippen molar-refractivity contribution in [2.45, 2.75) is 124 Å². The predicted molar refractivity (Wildman–Crippen MR) is 121 cm³/mol. The van der Waals surface area contributed by atoms with Gasteiger partial charge in [-0.25, -0.2) is 0 Å². The molecule has 0 bridgehead atoms. The van der Waals surface area contributed by atoms with Crippen LogP contribution in [0.25, 0.3) is 0 Å². The zero-order chi connectivity index (χ0) is 21.7. The van der Waals surface area contributed by atoms with Gasteiger partial charge in [0.1, 0.15) is 0 Å². The van der Waals surface area contributed by atoms with Crippen molar-refractivity contribution in [1.82, 2.24) is 0 Å². The van der Waals surface area contributed by atoms with Gasteiger partial charge in [0.05, 0.1) is 13.2 Å². The average molecular weight is 413 g/mol. The summed E-state index contributed by atoms with van der Waals surface area (Å²) < 4.78 is 11.0. The summed E-state index contributed by atoms with van der Waals surface area (Å²) in [7, 11) is 0. The lowest BCUT2D eigenvalue weighted by Gasteiger charge is -2.18. The molecule has 0 spiro atoms. The van der Waals surface area contributed by atoms with E-state index in [1.807, 2.05) is 0 Å². The predicted octanol–water partition coefficient (Wildman–Crippen LogP) is 7.24. The van der Waals surface area contributed by atoms with Crippen molar-refractivity contribution in [3.63, 3.8) is 0 Å². The fraction of sp³-hybridized carbons (Fsp3) is 0.920. The number of esters is 2. The van der Waals surface area contributed by atoms with Crippen LogP contribution in [0.1, 0.15) is 124 Å². The fourth-order valence-electron chi connectivity index (χ4n) is 3.34.